The summed E-state index contributed by atoms with van der Waals surface area (Å²) in [5.41, 5.74) is 0.0412. The number of hydrogen-bond donors (Lipinski definition) is 2. The number of aryl methyl sites for hydroxylation is 1. The third kappa shape index (κ3) is 4.58. The Bertz CT molecular complexity index is 1240. The molecule has 29 heavy (non-hydrogen) atoms. The molecule has 0 saturated heterocycles. The van der Waals surface area contributed by atoms with Gasteiger partial charge in [0.05, 0.1) is 16.3 Å². The molecule has 1 aromatic heterocycles. The zero-order valence-electron chi connectivity index (χ0n) is 15.3. The molecule has 0 aliphatic heterocycles. The third-order valence-corrected chi connectivity index (χ3v) is 6.20. The molecular weight excluding hydrogens is 515 g/mol. The van der Waals surface area contributed by atoms with Crippen molar-refractivity contribution < 1.29 is 17.2 Å². The molecule has 2 aromatic carbocycles. The van der Waals surface area contributed by atoms with Crippen molar-refractivity contribution in [3.63, 3.8) is 0 Å². The molecule has 0 aliphatic carbocycles. The summed E-state index contributed by atoms with van der Waals surface area (Å²) >= 11 is 1.96. The summed E-state index contributed by atoms with van der Waals surface area (Å²) in [4.78, 5) is 12.2. The average Bonchev–Trinajstić information content (AvgIpc) is 2.65. The van der Waals surface area contributed by atoms with E-state index in [4.69, 9.17) is 0 Å². The Kier molecular flexibility index (Phi) is 5.94. The fraction of sp³-hybridized carbons (Fsp3) is 0.105. The van der Waals surface area contributed by atoms with Gasteiger partial charge in [-0.05, 0) is 78.0 Å². The highest BCUT2D eigenvalue weighted by molar-refractivity contribution is 14.1. The predicted molar refractivity (Wildman–Crippen MR) is 116 cm³/mol. The maximum Gasteiger partial charge on any atom is 0.262 e. The van der Waals surface area contributed by atoms with E-state index in [1.807, 2.05) is 22.6 Å². The Morgan fingerprint density at radius 1 is 1.00 bits per heavy atom. The van der Waals surface area contributed by atoms with Crippen LogP contribution in [0.1, 0.15) is 5.56 Å². The van der Waals surface area contributed by atoms with Crippen LogP contribution in [-0.4, -0.2) is 13.0 Å². The number of sulfonamides is 1. The normalized spacial score (nSPS) is 11.3. The molecule has 0 aliphatic rings. The van der Waals surface area contributed by atoms with Gasteiger partial charge in [0.1, 0.15) is 17.5 Å². The molecule has 3 rings (SSSR count). The summed E-state index contributed by atoms with van der Waals surface area (Å²) in [6.07, 6.45) is 0. The molecule has 1 heterocycles. The Morgan fingerprint density at radius 2 is 1.66 bits per heavy atom. The van der Waals surface area contributed by atoms with Crippen molar-refractivity contribution >= 4 is 49.8 Å². The van der Waals surface area contributed by atoms with Gasteiger partial charge < -0.3 is 5.32 Å². The number of benzene rings is 2. The van der Waals surface area contributed by atoms with Crippen molar-refractivity contribution in [3.8, 4) is 0 Å². The van der Waals surface area contributed by atoms with E-state index in [0.717, 1.165) is 24.3 Å². The molecule has 152 valence electrons. The Labute approximate surface area is 179 Å². The lowest BCUT2D eigenvalue weighted by atomic mass is 10.2. The minimum absolute atomic E-state index is 0.0480. The van der Waals surface area contributed by atoms with E-state index in [2.05, 4.69) is 10.0 Å². The maximum absolute atomic E-state index is 14.3. The topological polar surface area (TPSA) is 80.2 Å². The number of hydrogen-bond acceptors (Lipinski definition) is 4. The van der Waals surface area contributed by atoms with Crippen LogP contribution in [0.5, 0.6) is 0 Å². The molecule has 0 fully saturated rings. The standard InChI is InChI=1S/C19H16F2IN3O3S/c1-11-9-17(24-29(27,28)14-6-3-12(20)4-7-14)18(25(2)19(11)26)23-16-8-5-13(22)10-15(16)21/h3-10,23-24H,1-2H3. The number of nitrogens with one attached hydrogen (secondary N) is 2. The molecule has 0 spiro atoms. The summed E-state index contributed by atoms with van der Waals surface area (Å²) in [6, 6.07) is 10.1. The molecule has 0 atom stereocenters. The summed E-state index contributed by atoms with van der Waals surface area (Å²) < 4.78 is 57.1. The highest BCUT2D eigenvalue weighted by Crippen LogP contribution is 2.29. The van der Waals surface area contributed by atoms with Gasteiger partial charge in [0.25, 0.3) is 15.6 Å². The zero-order valence-corrected chi connectivity index (χ0v) is 18.3. The predicted octanol–water partition coefficient (Wildman–Crippen LogP) is 4.12. The molecule has 6 nitrogen and oxygen atoms in total. The Hall–Kier alpha value is -2.47. The summed E-state index contributed by atoms with van der Waals surface area (Å²) in [6.45, 7) is 1.53. The van der Waals surface area contributed by atoms with Crippen LogP contribution < -0.4 is 15.6 Å². The van der Waals surface area contributed by atoms with Crippen molar-refractivity contribution in [2.45, 2.75) is 11.8 Å². The lowest BCUT2D eigenvalue weighted by molar-refractivity contribution is 0.599. The van der Waals surface area contributed by atoms with Crippen LogP contribution in [0.25, 0.3) is 0 Å². The molecule has 0 amide bonds. The molecule has 2 N–H and O–H groups in total. The second-order valence-corrected chi connectivity index (χ2v) is 9.19. The molecule has 3 aromatic rings. The van der Waals surface area contributed by atoms with Crippen LogP contribution in [0.3, 0.4) is 0 Å². The third-order valence-electron chi connectivity index (χ3n) is 4.15. The van der Waals surface area contributed by atoms with Gasteiger partial charge in [0.15, 0.2) is 0 Å². The van der Waals surface area contributed by atoms with Gasteiger partial charge in [0.2, 0.25) is 0 Å². The largest absolute Gasteiger partial charge is 0.337 e. The SMILES string of the molecule is Cc1cc(NS(=O)(=O)c2ccc(F)cc2)c(Nc2ccc(I)cc2F)n(C)c1=O. The zero-order chi connectivity index (χ0) is 21.3. The summed E-state index contributed by atoms with van der Waals surface area (Å²) in [5.74, 6) is -1.07. The molecule has 10 heteroatoms. The van der Waals surface area contributed by atoms with Gasteiger partial charge in [-0.3, -0.25) is 14.1 Å². The molecular formula is C19H16F2IN3O3S. The van der Waals surface area contributed by atoms with Gasteiger partial charge in [-0.15, -0.1) is 0 Å². The van der Waals surface area contributed by atoms with Crippen LogP contribution in [0.2, 0.25) is 0 Å². The average molecular weight is 531 g/mol. The number of anilines is 3. The molecule has 0 bridgehead atoms. The highest BCUT2D eigenvalue weighted by Gasteiger charge is 2.20. The van der Waals surface area contributed by atoms with Gasteiger partial charge in [-0.25, -0.2) is 17.2 Å². The number of pyridine rings is 1. The van der Waals surface area contributed by atoms with Gasteiger partial charge in [0, 0.05) is 16.2 Å². The summed E-state index contributed by atoms with van der Waals surface area (Å²) in [5, 5.41) is 2.79. The highest BCUT2D eigenvalue weighted by atomic mass is 127. The van der Waals surface area contributed by atoms with E-state index in [-0.39, 0.29) is 33.2 Å². The van der Waals surface area contributed by atoms with Crippen molar-refractivity contribution in [2.24, 2.45) is 7.05 Å². The van der Waals surface area contributed by atoms with E-state index in [0.29, 0.717) is 3.57 Å². The van der Waals surface area contributed by atoms with Crippen molar-refractivity contribution in [1.82, 2.24) is 4.57 Å². The number of rotatable bonds is 5. The van der Waals surface area contributed by atoms with Crippen molar-refractivity contribution in [2.75, 3.05) is 10.0 Å². The van der Waals surface area contributed by atoms with E-state index < -0.39 is 21.7 Å². The van der Waals surface area contributed by atoms with Crippen LogP contribution in [-0.2, 0) is 17.1 Å². The molecule has 0 radical (unpaired) electrons. The van der Waals surface area contributed by atoms with Gasteiger partial charge >= 0.3 is 0 Å². The minimum atomic E-state index is -4.08. The first kappa shape index (κ1) is 21.2. The lowest BCUT2D eigenvalue weighted by Gasteiger charge is -2.18. The van der Waals surface area contributed by atoms with Crippen LogP contribution >= 0.6 is 22.6 Å². The number of halogens is 3. The van der Waals surface area contributed by atoms with Gasteiger partial charge in [-0.2, -0.15) is 0 Å². The smallest absolute Gasteiger partial charge is 0.262 e. The second kappa shape index (κ2) is 8.11. The van der Waals surface area contributed by atoms with Crippen LogP contribution in [0.4, 0.5) is 26.0 Å². The quantitative estimate of drug-likeness (QED) is 0.486. The first-order valence-electron chi connectivity index (χ1n) is 8.29. The lowest BCUT2D eigenvalue weighted by Crippen LogP contribution is -2.24. The van der Waals surface area contributed by atoms with Crippen molar-refractivity contribution in [1.29, 1.82) is 0 Å². The van der Waals surface area contributed by atoms with E-state index >= 15 is 0 Å². The summed E-state index contributed by atoms with van der Waals surface area (Å²) in [7, 11) is -2.63. The fourth-order valence-corrected chi connectivity index (χ4v) is 4.17. The first-order chi connectivity index (χ1) is 13.6. The first-order valence-corrected chi connectivity index (χ1v) is 10.9. The number of nitrogens with zero attached hydrogens (tertiary/aromatic N) is 1. The van der Waals surface area contributed by atoms with Crippen molar-refractivity contribution in [3.05, 3.63) is 79.7 Å². The second-order valence-electron chi connectivity index (χ2n) is 6.26. The Morgan fingerprint density at radius 3 is 2.28 bits per heavy atom. The van der Waals surface area contributed by atoms with Crippen LogP contribution in [0, 0.1) is 22.1 Å². The minimum Gasteiger partial charge on any atom is -0.337 e. The maximum atomic E-state index is 14.3. The number of aromatic nitrogens is 1. The Balaban J connectivity index is 2.08. The molecule has 0 unspecified atom stereocenters. The van der Waals surface area contributed by atoms with Gasteiger partial charge in [-0.1, -0.05) is 0 Å². The van der Waals surface area contributed by atoms with E-state index in [9.17, 15) is 22.0 Å². The molecule has 0 saturated carbocycles. The fourth-order valence-electron chi connectivity index (χ4n) is 2.66. The monoisotopic (exact) mass is 531 g/mol. The van der Waals surface area contributed by atoms with E-state index in [1.165, 1.54) is 36.7 Å². The van der Waals surface area contributed by atoms with E-state index in [1.54, 1.807) is 6.07 Å². The van der Waals surface area contributed by atoms with Crippen LogP contribution in [0.15, 0.2) is 58.2 Å².